The van der Waals surface area contributed by atoms with E-state index >= 15 is 0 Å². The number of carbonyl (C=O) groups excluding carboxylic acids is 1. The maximum Gasteiger partial charge on any atom is 0.253 e. The minimum Gasteiger partial charge on any atom is -0.455 e. The van der Waals surface area contributed by atoms with Crippen LogP contribution in [0.4, 0.5) is 0 Å². The molecule has 2 atom stereocenters. The van der Waals surface area contributed by atoms with E-state index in [4.69, 9.17) is 9.72 Å². The smallest absolute Gasteiger partial charge is 0.253 e. The predicted octanol–water partition coefficient (Wildman–Crippen LogP) is 7.21. The van der Waals surface area contributed by atoms with Crippen molar-refractivity contribution in [2.24, 2.45) is 0 Å². The van der Waals surface area contributed by atoms with Gasteiger partial charge in [0.15, 0.2) is 0 Å². The van der Waals surface area contributed by atoms with Crippen LogP contribution >= 0.6 is 0 Å². The van der Waals surface area contributed by atoms with Crippen molar-refractivity contribution in [3.63, 3.8) is 0 Å². The molecule has 2 bridgehead atoms. The van der Waals surface area contributed by atoms with Gasteiger partial charge in [0.2, 0.25) is 0 Å². The molecule has 3 aliphatic heterocycles. The molecule has 2 saturated heterocycles. The van der Waals surface area contributed by atoms with Crippen molar-refractivity contribution in [3.05, 3.63) is 95.2 Å². The number of pyridine rings is 1. The van der Waals surface area contributed by atoms with Gasteiger partial charge in [-0.2, -0.15) is 0 Å². The van der Waals surface area contributed by atoms with Gasteiger partial charge in [-0.15, -0.1) is 0 Å². The summed E-state index contributed by atoms with van der Waals surface area (Å²) in [7, 11) is 0. The van der Waals surface area contributed by atoms with Crippen LogP contribution in [0, 0.1) is 0 Å². The van der Waals surface area contributed by atoms with Crippen molar-refractivity contribution >= 4 is 22.4 Å². The number of hydrogen-bond donors (Lipinski definition) is 1. The van der Waals surface area contributed by atoms with Crippen LogP contribution in [0.3, 0.4) is 0 Å². The minimum atomic E-state index is 0.0401. The van der Waals surface area contributed by atoms with E-state index in [2.05, 4.69) is 41.7 Å². The number of hydrogen-bond acceptors (Lipinski definition) is 4. The third-order valence-corrected chi connectivity index (χ3v) is 8.62. The number of benzene rings is 3. The molecule has 0 saturated carbocycles. The fourth-order valence-electron chi connectivity index (χ4n) is 6.67. The second-order valence-corrected chi connectivity index (χ2v) is 10.9. The number of carbonyl (C=O) groups is 1. The molecule has 2 fully saturated rings. The number of amides is 1. The minimum absolute atomic E-state index is 0.0401. The van der Waals surface area contributed by atoms with Crippen LogP contribution in [-0.2, 0) is 0 Å². The Hall–Kier alpha value is -3.96. The van der Waals surface area contributed by atoms with Gasteiger partial charge in [0.1, 0.15) is 11.5 Å². The summed E-state index contributed by atoms with van der Waals surface area (Å²) in [5.41, 5.74) is 8.68. The molecule has 4 heterocycles. The molecule has 0 radical (unpaired) electrons. The number of para-hydroxylation sites is 2. The van der Waals surface area contributed by atoms with Crippen LogP contribution in [0.1, 0.15) is 61.0 Å². The van der Waals surface area contributed by atoms with Crippen LogP contribution in [-0.4, -0.2) is 41.0 Å². The number of fused-ring (bicyclic) bond motifs is 5. The Morgan fingerprint density at radius 3 is 2.49 bits per heavy atom. The highest BCUT2D eigenvalue weighted by Gasteiger charge is 2.35. The fraction of sp³-hybridized carbons (Fsp3) is 0.294. The Balaban J connectivity index is 1.41. The Kier molecular flexibility index (Phi) is 5.97. The average Bonchev–Trinajstić information content (AvgIpc) is 3.32. The first-order valence-corrected chi connectivity index (χ1v) is 14.2. The number of rotatable bonds is 4. The number of aromatic nitrogens is 1. The Morgan fingerprint density at radius 1 is 0.923 bits per heavy atom. The molecule has 196 valence electrons. The number of piperidine rings is 1. The highest BCUT2D eigenvalue weighted by Crippen LogP contribution is 2.51. The Bertz CT molecular complexity index is 1620. The Labute approximate surface area is 229 Å². The maximum absolute atomic E-state index is 13.3. The molecule has 0 spiro atoms. The molecule has 3 aliphatic rings. The normalized spacial score (nSPS) is 19.4. The second kappa shape index (κ2) is 9.65. The first-order valence-electron chi connectivity index (χ1n) is 14.2. The van der Waals surface area contributed by atoms with Gasteiger partial charge in [-0.1, -0.05) is 42.0 Å². The van der Waals surface area contributed by atoms with Crippen molar-refractivity contribution in [1.29, 1.82) is 0 Å². The van der Waals surface area contributed by atoms with Crippen LogP contribution < -0.4 is 10.1 Å². The van der Waals surface area contributed by atoms with Crippen molar-refractivity contribution in [1.82, 2.24) is 15.2 Å². The van der Waals surface area contributed by atoms with Gasteiger partial charge in [0.05, 0.1) is 5.52 Å². The number of nitrogens with one attached hydrogen (secondary N) is 1. The van der Waals surface area contributed by atoms with Gasteiger partial charge in [-0.25, -0.2) is 0 Å². The highest BCUT2D eigenvalue weighted by molar-refractivity contribution is 5.98. The van der Waals surface area contributed by atoms with Gasteiger partial charge in [-0.05, 0) is 75.4 Å². The SMILES string of the molecule is CCN(CC)C(=O)c1ccc2c(c1)Oc1c(cccc1-c1cnc3ccccc3c1)C2=C1CC2CCC(C1)N2. The molecule has 1 aromatic heterocycles. The van der Waals surface area contributed by atoms with E-state index in [1.54, 1.807) is 0 Å². The van der Waals surface area contributed by atoms with Crippen LogP contribution in [0.15, 0.2) is 78.5 Å². The molecule has 2 unspecified atom stereocenters. The summed E-state index contributed by atoms with van der Waals surface area (Å²) in [5.74, 6) is 1.65. The van der Waals surface area contributed by atoms with Gasteiger partial charge >= 0.3 is 0 Å². The zero-order valence-corrected chi connectivity index (χ0v) is 22.5. The van der Waals surface area contributed by atoms with Gasteiger partial charge in [-0.3, -0.25) is 9.78 Å². The van der Waals surface area contributed by atoms with Crippen molar-refractivity contribution in [2.45, 2.75) is 51.6 Å². The molecule has 5 heteroatoms. The summed E-state index contributed by atoms with van der Waals surface area (Å²) < 4.78 is 6.75. The van der Waals surface area contributed by atoms with Gasteiger partial charge < -0.3 is 15.0 Å². The summed E-state index contributed by atoms with van der Waals surface area (Å²) in [6.07, 6.45) is 6.50. The van der Waals surface area contributed by atoms with E-state index in [-0.39, 0.29) is 5.91 Å². The van der Waals surface area contributed by atoms with E-state index in [0.29, 0.717) is 30.7 Å². The molecular weight excluding hydrogens is 482 g/mol. The molecular formula is C34H33N3O2. The van der Waals surface area contributed by atoms with E-state index in [1.807, 2.05) is 55.3 Å². The lowest BCUT2D eigenvalue weighted by molar-refractivity contribution is 0.0772. The van der Waals surface area contributed by atoms with E-state index in [9.17, 15) is 4.79 Å². The Morgan fingerprint density at radius 2 is 1.69 bits per heavy atom. The zero-order valence-electron chi connectivity index (χ0n) is 22.5. The lowest BCUT2D eigenvalue weighted by Crippen LogP contribution is -2.35. The number of ether oxygens (including phenoxy) is 1. The summed E-state index contributed by atoms with van der Waals surface area (Å²) in [6.45, 7) is 5.40. The number of nitrogens with zero attached hydrogens (tertiary/aromatic N) is 2. The van der Waals surface area contributed by atoms with Gasteiger partial charge in [0, 0.05) is 64.6 Å². The molecule has 3 aromatic carbocycles. The first kappa shape index (κ1) is 24.1. The average molecular weight is 516 g/mol. The standard InChI is InChI=1S/C34H33N3O2/c1-3-37(4-2)34(38)22-12-15-28-31(19-22)39-33-27(24-16-21-8-5-6-11-30(21)35-20-24)9-7-10-29(33)32(28)23-17-25-13-14-26(18-23)36-25/h5-12,15-16,19-20,25-26,36H,3-4,13-14,17-18H2,1-2H3. The summed E-state index contributed by atoms with van der Waals surface area (Å²) in [6, 6.07) is 23.9. The lowest BCUT2D eigenvalue weighted by Gasteiger charge is -2.31. The van der Waals surface area contributed by atoms with E-state index in [0.717, 1.165) is 57.5 Å². The van der Waals surface area contributed by atoms with Crippen molar-refractivity contribution < 1.29 is 9.53 Å². The summed E-state index contributed by atoms with van der Waals surface area (Å²) >= 11 is 0. The van der Waals surface area contributed by atoms with Crippen LogP contribution in [0.2, 0.25) is 0 Å². The second-order valence-electron chi connectivity index (χ2n) is 10.9. The third kappa shape index (κ3) is 4.12. The summed E-state index contributed by atoms with van der Waals surface area (Å²) in [4.78, 5) is 19.9. The molecule has 1 N–H and O–H groups in total. The highest BCUT2D eigenvalue weighted by atomic mass is 16.5. The zero-order chi connectivity index (χ0) is 26.5. The molecule has 4 aromatic rings. The third-order valence-electron chi connectivity index (χ3n) is 8.62. The maximum atomic E-state index is 13.3. The van der Waals surface area contributed by atoms with Crippen molar-refractivity contribution in [3.8, 4) is 22.6 Å². The fourth-order valence-corrected chi connectivity index (χ4v) is 6.67. The lowest BCUT2D eigenvalue weighted by atomic mass is 9.83. The topological polar surface area (TPSA) is 54.5 Å². The molecule has 5 nitrogen and oxygen atoms in total. The quantitative estimate of drug-likeness (QED) is 0.275. The van der Waals surface area contributed by atoms with Crippen molar-refractivity contribution in [2.75, 3.05) is 13.1 Å². The molecule has 39 heavy (non-hydrogen) atoms. The monoisotopic (exact) mass is 515 g/mol. The molecule has 7 rings (SSSR count). The predicted molar refractivity (Wildman–Crippen MR) is 156 cm³/mol. The van der Waals surface area contributed by atoms with Crippen LogP contribution in [0.25, 0.3) is 27.6 Å². The van der Waals surface area contributed by atoms with E-state index in [1.165, 1.54) is 24.0 Å². The molecule has 1 amide bonds. The summed E-state index contributed by atoms with van der Waals surface area (Å²) in [5, 5.41) is 4.89. The first-order chi connectivity index (χ1) is 19.1. The largest absolute Gasteiger partial charge is 0.455 e. The van der Waals surface area contributed by atoms with Crippen LogP contribution in [0.5, 0.6) is 11.5 Å². The van der Waals surface area contributed by atoms with Gasteiger partial charge in [0.25, 0.3) is 5.91 Å². The molecule has 0 aliphatic carbocycles. The van der Waals surface area contributed by atoms with E-state index < -0.39 is 0 Å².